The van der Waals surface area contributed by atoms with E-state index in [-0.39, 0.29) is 6.10 Å². The van der Waals surface area contributed by atoms with Crippen LogP contribution in [0.25, 0.3) is 0 Å². The molecule has 0 aromatic heterocycles. The van der Waals surface area contributed by atoms with Crippen LogP contribution in [0.1, 0.15) is 46.1 Å². The number of ether oxygens (including phenoxy) is 1. The van der Waals surface area contributed by atoms with Crippen molar-refractivity contribution in [2.75, 3.05) is 20.1 Å². The smallest absolute Gasteiger partial charge is 0.119 e. The molecule has 2 N–H and O–H groups in total. The largest absolute Gasteiger partial charge is 0.491 e. The summed E-state index contributed by atoms with van der Waals surface area (Å²) in [6.45, 7) is 11.1. The first-order chi connectivity index (χ1) is 11.3. The summed E-state index contributed by atoms with van der Waals surface area (Å²) in [6, 6.07) is 8.68. The Kier molecular flexibility index (Phi) is 6.67. The monoisotopic (exact) mass is 334 g/mol. The number of hydrogen-bond donors (Lipinski definition) is 2. The van der Waals surface area contributed by atoms with E-state index in [1.807, 2.05) is 26.0 Å². The lowest BCUT2D eigenvalue weighted by atomic mass is 9.77. The molecule has 0 radical (unpaired) electrons. The van der Waals surface area contributed by atoms with Crippen LogP contribution in [-0.4, -0.2) is 47.9 Å². The molecule has 1 saturated heterocycles. The predicted molar refractivity (Wildman–Crippen MR) is 99.4 cm³/mol. The highest BCUT2D eigenvalue weighted by Crippen LogP contribution is 2.33. The van der Waals surface area contributed by atoms with Crippen molar-refractivity contribution in [1.82, 2.24) is 10.2 Å². The van der Waals surface area contributed by atoms with Gasteiger partial charge in [-0.05, 0) is 70.8 Å². The number of likely N-dealkylation sites (tertiary alicyclic amines) is 1. The van der Waals surface area contributed by atoms with Gasteiger partial charge in [-0.15, -0.1) is 0 Å². The number of nitrogens with zero attached hydrogens (tertiary/aromatic N) is 1. The van der Waals surface area contributed by atoms with Crippen LogP contribution in [0, 0.1) is 5.92 Å². The molecule has 1 aliphatic rings. The summed E-state index contributed by atoms with van der Waals surface area (Å²) in [5.41, 5.74) is 0.691. The summed E-state index contributed by atoms with van der Waals surface area (Å²) in [7, 11) is 2.14. The molecule has 4 heteroatoms. The summed E-state index contributed by atoms with van der Waals surface area (Å²) in [4.78, 5) is 2.34. The van der Waals surface area contributed by atoms with Gasteiger partial charge in [-0.2, -0.15) is 0 Å². The van der Waals surface area contributed by atoms with Crippen molar-refractivity contribution in [3.63, 3.8) is 0 Å². The van der Waals surface area contributed by atoms with Crippen LogP contribution >= 0.6 is 0 Å². The van der Waals surface area contributed by atoms with Gasteiger partial charge >= 0.3 is 0 Å². The Morgan fingerprint density at radius 1 is 1.29 bits per heavy atom. The standard InChI is InChI=1S/C20H34N2O2/c1-15(2)24-19-8-6-18(7-9-19)13-21-11-10-20(23)12-17(4)22(5)14-16(20)3/h6-9,15-17,21,23H,10-14H2,1-5H3/t16-,17-,20-/m1/s1. The zero-order valence-corrected chi connectivity index (χ0v) is 15.9. The van der Waals surface area contributed by atoms with E-state index in [0.717, 1.165) is 38.2 Å². The molecular weight excluding hydrogens is 300 g/mol. The first-order valence-electron chi connectivity index (χ1n) is 9.19. The minimum Gasteiger partial charge on any atom is -0.491 e. The molecule has 1 heterocycles. The SMILES string of the molecule is CC(C)Oc1ccc(CNCC[C@@]2(O)C[C@@H](C)N(C)C[C@H]2C)cc1. The van der Waals surface area contributed by atoms with Gasteiger partial charge in [0.05, 0.1) is 11.7 Å². The van der Waals surface area contributed by atoms with E-state index < -0.39 is 5.60 Å². The van der Waals surface area contributed by atoms with Crippen molar-refractivity contribution in [3.8, 4) is 5.75 Å². The highest BCUT2D eigenvalue weighted by atomic mass is 16.5. The lowest BCUT2D eigenvalue weighted by Gasteiger charge is -2.46. The zero-order chi connectivity index (χ0) is 17.7. The Labute approximate surface area is 147 Å². The fraction of sp³-hybridized carbons (Fsp3) is 0.700. The molecule has 4 nitrogen and oxygen atoms in total. The van der Waals surface area contributed by atoms with Crippen molar-refractivity contribution in [2.45, 2.75) is 64.8 Å². The number of aliphatic hydroxyl groups is 1. The number of rotatable bonds is 7. The van der Waals surface area contributed by atoms with Crippen LogP contribution in [0.2, 0.25) is 0 Å². The van der Waals surface area contributed by atoms with Crippen molar-refractivity contribution >= 4 is 0 Å². The zero-order valence-electron chi connectivity index (χ0n) is 15.9. The van der Waals surface area contributed by atoms with Crippen LogP contribution in [-0.2, 0) is 6.54 Å². The van der Waals surface area contributed by atoms with Gasteiger partial charge < -0.3 is 20.1 Å². The van der Waals surface area contributed by atoms with E-state index in [4.69, 9.17) is 4.74 Å². The van der Waals surface area contributed by atoms with Crippen molar-refractivity contribution in [1.29, 1.82) is 0 Å². The first kappa shape index (κ1) is 19.2. The summed E-state index contributed by atoms with van der Waals surface area (Å²) in [5.74, 6) is 1.23. The van der Waals surface area contributed by atoms with Crippen LogP contribution < -0.4 is 10.1 Å². The topological polar surface area (TPSA) is 44.7 Å². The van der Waals surface area contributed by atoms with Crippen molar-refractivity contribution in [2.24, 2.45) is 5.92 Å². The van der Waals surface area contributed by atoms with E-state index in [1.165, 1.54) is 5.56 Å². The molecule has 0 amide bonds. The highest BCUT2D eigenvalue weighted by Gasteiger charge is 2.40. The van der Waals surface area contributed by atoms with Gasteiger partial charge in [-0.25, -0.2) is 0 Å². The Bertz CT molecular complexity index is 503. The Morgan fingerprint density at radius 3 is 2.58 bits per heavy atom. The van der Waals surface area contributed by atoms with E-state index >= 15 is 0 Å². The van der Waals surface area contributed by atoms with Gasteiger partial charge in [0.2, 0.25) is 0 Å². The molecule has 0 aliphatic carbocycles. The lowest BCUT2D eigenvalue weighted by Crippen LogP contribution is -2.54. The molecule has 136 valence electrons. The molecule has 3 atom stereocenters. The molecular formula is C20H34N2O2. The number of nitrogens with one attached hydrogen (secondary N) is 1. The Hall–Kier alpha value is -1.10. The lowest BCUT2D eigenvalue weighted by molar-refractivity contribution is -0.0831. The molecule has 1 fully saturated rings. The van der Waals surface area contributed by atoms with Gasteiger partial charge in [-0.3, -0.25) is 0 Å². The van der Waals surface area contributed by atoms with Gasteiger partial charge in [-0.1, -0.05) is 19.1 Å². The molecule has 1 aromatic rings. The molecule has 1 aliphatic heterocycles. The Morgan fingerprint density at radius 2 is 1.96 bits per heavy atom. The fourth-order valence-electron chi connectivity index (χ4n) is 3.49. The first-order valence-corrected chi connectivity index (χ1v) is 9.19. The van der Waals surface area contributed by atoms with Crippen LogP contribution in [0.15, 0.2) is 24.3 Å². The number of benzene rings is 1. The Balaban J connectivity index is 1.76. The quantitative estimate of drug-likeness (QED) is 0.752. The normalized spacial score (nSPS) is 28.3. The second-order valence-corrected chi connectivity index (χ2v) is 7.73. The molecule has 0 bridgehead atoms. The fourth-order valence-corrected chi connectivity index (χ4v) is 3.49. The van der Waals surface area contributed by atoms with E-state index in [2.05, 4.69) is 43.2 Å². The average molecular weight is 335 g/mol. The molecule has 24 heavy (non-hydrogen) atoms. The van der Waals surface area contributed by atoms with Gasteiger partial charge in [0.25, 0.3) is 0 Å². The van der Waals surface area contributed by atoms with Gasteiger partial charge in [0.15, 0.2) is 0 Å². The molecule has 1 aromatic carbocycles. The van der Waals surface area contributed by atoms with Crippen LogP contribution in [0.4, 0.5) is 0 Å². The average Bonchev–Trinajstić information content (AvgIpc) is 2.51. The van der Waals surface area contributed by atoms with E-state index in [1.54, 1.807) is 0 Å². The number of hydrogen-bond acceptors (Lipinski definition) is 4. The van der Waals surface area contributed by atoms with E-state index in [0.29, 0.717) is 12.0 Å². The third-order valence-corrected chi connectivity index (χ3v) is 5.24. The minimum absolute atomic E-state index is 0.202. The second-order valence-electron chi connectivity index (χ2n) is 7.73. The van der Waals surface area contributed by atoms with E-state index in [9.17, 15) is 5.11 Å². The third kappa shape index (κ3) is 5.20. The molecule has 0 saturated carbocycles. The van der Waals surface area contributed by atoms with Crippen molar-refractivity contribution in [3.05, 3.63) is 29.8 Å². The molecule has 0 unspecified atom stereocenters. The molecule has 0 spiro atoms. The van der Waals surface area contributed by atoms with Gasteiger partial charge in [0.1, 0.15) is 5.75 Å². The van der Waals surface area contributed by atoms with Gasteiger partial charge in [0, 0.05) is 19.1 Å². The maximum Gasteiger partial charge on any atom is 0.119 e. The highest BCUT2D eigenvalue weighted by molar-refractivity contribution is 5.27. The molecule has 2 rings (SSSR count). The summed E-state index contributed by atoms with van der Waals surface area (Å²) in [6.07, 6.45) is 1.86. The maximum atomic E-state index is 11.0. The van der Waals surface area contributed by atoms with Crippen molar-refractivity contribution < 1.29 is 9.84 Å². The van der Waals surface area contributed by atoms with Crippen LogP contribution in [0.3, 0.4) is 0 Å². The summed E-state index contributed by atoms with van der Waals surface area (Å²) >= 11 is 0. The van der Waals surface area contributed by atoms with Crippen LogP contribution in [0.5, 0.6) is 5.75 Å². The maximum absolute atomic E-state index is 11.0. The summed E-state index contributed by atoms with van der Waals surface area (Å²) in [5, 5.41) is 14.4. The second kappa shape index (κ2) is 8.32. The predicted octanol–water partition coefficient (Wildman–Crippen LogP) is 3.04. The minimum atomic E-state index is -0.548. The third-order valence-electron chi connectivity index (χ3n) is 5.24. The number of piperidine rings is 1. The summed E-state index contributed by atoms with van der Waals surface area (Å²) < 4.78 is 5.66.